The van der Waals surface area contributed by atoms with Crippen LogP contribution in [0.25, 0.3) is 12.2 Å². The zero-order valence-electron chi connectivity index (χ0n) is 20.7. The molecule has 3 rings (SSSR count). The number of esters is 1. The van der Waals surface area contributed by atoms with E-state index in [4.69, 9.17) is 9.47 Å². The quantitative estimate of drug-likeness (QED) is 0.0475. The number of nitro groups is 1. The minimum absolute atomic E-state index is 0.140. The van der Waals surface area contributed by atoms with E-state index in [0.717, 1.165) is 17.7 Å². The Balaban J connectivity index is 1.48. The van der Waals surface area contributed by atoms with Crippen molar-refractivity contribution in [1.82, 2.24) is 0 Å². The van der Waals surface area contributed by atoms with Crippen molar-refractivity contribution in [3.8, 4) is 11.5 Å². The van der Waals surface area contributed by atoms with Gasteiger partial charge in [0.2, 0.25) is 0 Å². The number of rotatable bonds is 13. The zero-order valence-corrected chi connectivity index (χ0v) is 20.7. The van der Waals surface area contributed by atoms with Crippen LogP contribution in [0.2, 0.25) is 0 Å². The topological polar surface area (TPSA) is 95.7 Å². The van der Waals surface area contributed by atoms with Crippen LogP contribution in [0.1, 0.15) is 54.1 Å². The molecule has 0 atom stereocenters. The second-order valence-corrected chi connectivity index (χ2v) is 8.31. The van der Waals surface area contributed by atoms with Gasteiger partial charge in [0.05, 0.1) is 11.5 Å². The van der Waals surface area contributed by atoms with E-state index in [1.54, 1.807) is 36.4 Å². The number of benzene rings is 3. The number of hydrogen-bond donors (Lipinski definition) is 0. The Morgan fingerprint density at radius 3 is 2.14 bits per heavy atom. The number of carbonyl (C=O) groups is 2. The van der Waals surface area contributed by atoms with E-state index in [9.17, 15) is 19.7 Å². The second kappa shape index (κ2) is 14.1. The maximum atomic E-state index is 12.3. The van der Waals surface area contributed by atoms with E-state index in [2.05, 4.69) is 6.92 Å². The molecule has 0 unspecified atom stereocenters. The first-order chi connectivity index (χ1) is 17.9. The van der Waals surface area contributed by atoms with Gasteiger partial charge in [-0.2, -0.15) is 0 Å². The molecular formula is C30H29NO6. The number of allylic oxidation sites excluding steroid dienone is 1. The number of nitro benzene ring substituents is 1. The summed E-state index contributed by atoms with van der Waals surface area (Å²) in [5.74, 6) is 0.303. The fraction of sp³-hybridized carbons (Fsp3) is 0.200. The van der Waals surface area contributed by atoms with Crippen LogP contribution >= 0.6 is 0 Å². The van der Waals surface area contributed by atoms with Gasteiger partial charge in [0.25, 0.3) is 5.69 Å². The molecule has 0 amide bonds. The van der Waals surface area contributed by atoms with E-state index in [-0.39, 0.29) is 17.0 Å². The Kier molecular flexibility index (Phi) is 10.3. The van der Waals surface area contributed by atoms with Gasteiger partial charge in [0.15, 0.2) is 5.78 Å². The lowest BCUT2D eigenvalue weighted by molar-refractivity contribution is -0.384. The Morgan fingerprint density at radius 1 is 0.838 bits per heavy atom. The molecule has 7 nitrogen and oxygen atoms in total. The summed E-state index contributed by atoms with van der Waals surface area (Å²) in [6, 6.07) is 19.7. The van der Waals surface area contributed by atoms with Crippen molar-refractivity contribution >= 4 is 29.6 Å². The Hall–Kier alpha value is -4.52. The molecule has 0 aliphatic heterocycles. The van der Waals surface area contributed by atoms with Gasteiger partial charge in [-0.05, 0) is 54.0 Å². The Bertz CT molecular complexity index is 1260. The Morgan fingerprint density at radius 2 is 1.49 bits per heavy atom. The van der Waals surface area contributed by atoms with Crippen LogP contribution in [-0.2, 0) is 4.79 Å². The molecule has 0 radical (unpaired) electrons. The molecule has 0 saturated heterocycles. The first-order valence-electron chi connectivity index (χ1n) is 12.1. The van der Waals surface area contributed by atoms with E-state index in [1.165, 1.54) is 55.7 Å². The summed E-state index contributed by atoms with van der Waals surface area (Å²) in [4.78, 5) is 34.8. The molecule has 0 saturated carbocycles. The smallest absolute Gasteiger partial charge is 0.336 e. The number of non-ortho nitro benzene ring substituents is 1. The van der Waals surface area contributed by atoms with Crippen LogP contribution < -0.4 is 9.47 Å². The predicted octanol–water partition coefficient (Wildman–Crippen LogP) is 7.07. The van der Waals surface area contributed by atoms with Crippen molar-refractivity contribution in [2.45, 2.75) is 32.6 Å². The van der Waals surface area contributed by atoms with Crippen molar-refractivity contribution in [2.75, 3.05) is 6.61 Å². The molecule has 0 aromatic heterocycles. The molecule has 0 fully saturated rings. The van der Waals surface area contributed by atoms with E-state index >= 15 is 0 Å². The van der Waals surface area contributed by atoms with Crippen LogP contribution in [0, 0.1) is 10.1 Å². The summed E-state index contributed by atoms with van der Waals surface area (Å²) in [5, 5.41) is 10.9. The molecular weight excluding hydrogens is 470 g/mol. The monoisotopic (exact) mass is 499 g/mol. The molecule has 37 heavy (non-hydrogen) atoms. The number of carbonyl (C=O) groups excluding carboxylic acids is 2. The highest BCUT2D eigenvalue weighted by Gasteiger charge is 2.09. The average Bonchev–Trinajstić information content (AvgIpc) is 2.92. The first-order valence-corrected chi connectivity index (χ1v) is 12.1. The van der Waals surface area contributed by atoms with Crippen LogP contribution in [0.5, 0.6) is 11.5 Å². The minimum Gasteiger partial charge on any atom is -0.494 e. The Labute approximate surface area is 216 Å². The third-order valence-electron chi connectivity index (χ3n) is 5.43. The highest BCUT2D eigenvalue weighted by atomic mass is 16.6. The molecule has 0 spiro atoms. The molecule has 190 valence electrons. The van der Waals surface area contributed by atoms with Gasteiger partial charge in [0, 0.05) is 23.8 Å². The standard InChI is InChI=1S/C30H29NO6/c1-2-3-4-5-21-36-27-15-9-24(10-16-27)14-20-30(33)37-28-17-11-23(12-18-28)13-19-29(32)25-7-6-8-26(22-25)31(34)35/h6-20,22H,2-5,21H2,1H3/b19-13+,20-14+. The lowest BCUT2D eigenvalue weighted by Gasteiger charge is -2.06. The third-order valence-corrected chi connectivity index (χ3v) is 5.43. The van der Waals surface area contributed by atoms with Gasteiger partial charge < -0.3 is 9.47 Å². The fourth-order valence-corrected chi connectivity index (χ4v) is 3.40. The van der Waals surface area contributed by atoms with Crippen LogP contribution in [0.4, 0.5) is 5.69 Å². The lowest BCUT2D eigenvalue weighted by atomic mass is 10.1. The van der Waals surface area contributed by atoms with Crippen molar-refractivity contribution in [3.05, 3.63) is 112 Å². The van der Waals surface area contributed by atoms with Crippen molar-refractivity contribution < 1.29 is 24.0 Å². The summed E-state index contributed by atoms with van der Waals surface area (Å²) in [7, 11) is 0. The van der Waals surface area contributed by atoms with Crippen LogP contribution in [-0.4, -0.2) is 23.3 Å². The fourth-order valence-electron chi connectivity index (χ4n) is 3.40. The summed E-state index contributed by atoms with van der Waals surface area (Å²) < 4.78 is 11.0. The summed E-state index contributed by atoms with van der Waals surface area (Å²) >= 11 is 0. The van der Waals surface area contributed by atoms with E-state index in [1.807, 2.05) is 24.3 Å². The van der Waals surface area contributed by atoms with Gasteiger partial charge >= 0.3 is 5.97 Å². The zero-order chi connectivity index (χ0) is 26.5. The molecule has 0 bridgehead atoms. The molecule has 0 N–H and O–H groups in total. The van der Waals surface area contributed by atoms with Crippen molar-refractivity contribution in [1.29, 1.82) is 0 Å². The predicted molar refractivity (Wildman–Crippen MR) is 144 cm³/mol. The molecule has 3 aromatic carbocycles. The normalized spacial score (nSPS) is 11.1. The molecule has 7 heteroatoms. The SMILES string of the molecule is CCCCCCOc1ccc(/C=C/C(=O)Oc2ccc(/C=C/C(=O)c3cccc([N+](=O)[O-])c3)cc2)cc1. The molecule has 0 aliphatic rings. The first kappa shape index (κ1) is 27.1. The molecule has 0 aliphatic carbocycles. The number of nitrogens with zero attached hydrogens (tertiary/aromatic N) is 1. The maximum absolute atomic E-state index is 12.3. The van der Waals surface area contributed by atoms with Gasteiger partial charge in [-0.3, -0.25) is 14.9 Å². The minimum atomic E-state index is -0.544. The van der Waals surface area contributed by atoms with E-state index in [0.29, 0.717) is 17.9 Å². The largest absolute Gasteiger partial charge is 0.494 e. The van der Waals surface area contributed by atoms with Gasteiger partial charge in [-0.1, -0.05) is 68.7 Å². The van der Waals surface area contributed by atoms with Crippen molar-refractivity contribution in [2.24, 2.45) is 0 Å². The van der Waals surface area contributed by atoms with Gasteiger partial charge in [0.1, 0.15) is 11.5 Å². The number of ether oxygens (including phenoxy) is 2. The average molecular weight is 500 g/mol. The van der Waals surface area contributed by atoms with Gasteiger partial charge in [-0.25, -0.2) is 4.79 Å². The van der Waals surface area contributed by atoms with Gasteiger partial charge in [-0.15, -0.1) is 0 Å². The third kappa shape index (κ3) is 9.22. The van der Waals surface area contributed by atoms with Crippen LogP contribution in [0.3, 0.4) is 0 Å². The number of ketones is 1. The molecule has 0 heterocycles. The molecule has 3 aromatic rings. The highest BCUT2D eigenvalue weighted by molar-refractivity contribution is 6.07. The lowest BCUT2D eigenvalue weighted by Crippen LogP contribution is -2.03. The van der Waals surface area contributed by atoms with E-state index < -0.39 is 10.9 Å². The number of hydrogen-bond acceptors (Lipinski definition) is 6. The van der Waals surface area contributed by atoms with Crippen LogP contribution in [0.15, 0.2) is 84.9 Å². The maximum Gasteiger partial charge on any atom is 0.336 e. The highest BCUT2D eigenvalue weighted by Crippen LogP contribution is 2.17. The van der Waals surface area contributed by atoms with Crippen molar-refractivity contribution in [3.63, 3.8) is 0 Å². The second-order valence-electron chi connectivity index (χ2n) is 8.31. The number of unbranched alkanes of at least 4 members (excludes halogenated alkanes) is 3. The summed E-state index contributed by atoms with van der Waals surface area (Å²) in [6.45, 7) is 2.88. The summed E-state index contributed by atoms with van der Waals surface area (Å²) in [5.41, 5.74) is 1.65. The summed E-state index contributed by atoms with van der Waals surface area (Å²) in [6.07, 6.45) is 10.6.